The molecule has 1 aromatic heterocycles. The number of nitrogens with zero attached hydrogens (tertiary/aromatic N) is 5. The number of ether oxygens (including phenoxy) is 1. The minimum atomic E-state index is 0.168. The zero-order valence-electron chi connectivity index (χ0n) is 21.6. The molecule has 2 fully saturated rings. The molecule has 2 saturated heterocycles. The smallest absolute Gasteiger partial charge is 0.229 e. The molecule has 0 aliphatic carbocycles. The predicted octanol–water partition coefficient (Wildman–Crippen LogP) is 3.91. The maximum atomic E-state index is 12.1. The number of amides is 1. The van der Waals surface area contributed by atoms with Crippen molar-refractivity contribution in [2.75, 3.05) is 81.6 Å². The van der Waals surface area contributed by atoms with Crippen LogP contribution in [-0.4, -0.2) is 91.7 Å². The van der Waals surface area contributed by atoms with Crippen LogP contribution in [0.1, 0.15) is 38.2 Å². The summed E-state index contributed by atoms with van der Waals surface area (Å²) in [6.07, 6.45) is 3.06. The van der Waals surface area contributed by atoms with Crippen LogP contribution in [0, 0.1) is 0 Å². The van der Waals surface area contributed by atoms with E-state index < -0.39 is 0 Å². The zero-order valence-corrected chi connectivity index (χ0v) is 23.2. The number of carbonyl (C=O) groups excluding carboxylic acids is 1. The Morgan fingerprint density at radius 2 is 1.94 bits per heavy atom. The van der Waals surface area contributed by atoms with Crippen molar-refractivity contribution in [2.45, 2.75) is 32.6 Å². The highest BCUT2D eigenvalue weighted by Gasteiger charge is 2.18. The molecule has 10 heteroatoms. The summed E-state index contributed by atoms with van der Waals surface area (Å²) in [5.74, 6) is 1.81. The molecule has 2 aliphatic rings. The van der Waals surface area contributed by atoms with Gasteiger partial charge in [0.15, 0.2) is 0 Å². The third kappa shape index (κ3) is 7.08. The minimum Gasteiger partial charge on any atom is -0.379 e. The number of rotatable bonds is 9. The first-order valence-corrected chi connectivity index (χ1v) is 13.7. The molecule has 0 atom stereocenters. The minimum absolute atomic E-state index is 0.168. The lowest BCUT2D eigenvalue weighted by atomic mass is 9.99. The molecule has 1 amide bonds. The van der Waals surface area contributed by atoms with Gasteiger partial charge in [-0.2, -0.15) is 4.98 Å². The molecule has 0 bridgehead atoms. The van der Waals surface area contributed by atoms with Crippen molar-refractivity contribution in [1.29, 1.82) is 0 Å². The van der Waals surface area contributed by atoms with Crippen molar-refractivity contribution in [1.82, 2.24) is 19.8 Å². The Morgan fingerprint density at radius 3 is 2.72 bits per heavy atom. The predicted molar refractivity (Wildman–Crippen MR) is 148 cm³/mol. The monoisotopic (exact) mass is 559 g/mol. The van der Waals surface area contributed by atoms with Gasteiger partial charge < -0.3 is 30.1 Å². The third-order valence-corrected chi connectivity index (χ3v) is 7.31. The van der Waals surface area contributed by atoms with E-state index in [1.54, 1.807) is 6.20 Å². The highest BCUT2D eigenvalue weighted by molar-refractivity contribution is 9.10. The van der Waals surface area contributed by atoms with Gasteiger partial charge in [0, 0.05) is 63.4 Å². The molecule has 36 heavy (non-hydrogen) atoms. The van der Waals surface area contributed by atoms with E-state index in [0.717, 1.165) is 48.6 Å². The lowest BCUT2D eigenvalue weighted by molar-refractivity contribution is -0.130. The van der Waals surface area contributed by atoms with Gasteiger partial charge >= 0.3 is 0 Å². The fraction of sp³-hybridized carbons (Fsp3) is 0.577. The molecule has 3 heterocycles. The van der Waals surface area contributed by atoms with E-state index in [4.69, 9.17) is 9.72 Å². The van der Waals surface area contributed by atoms with E-state index in [9.17, 15) is 4.79 Å². The highest BCUT2D eigenvalue weighted by atomic mass is 79.9. The topological polar surface area (TPSA) is 85.9 Å². The number of hydrogen-bond acceptors (Lipinski definition) is 8. The number of hydrogen-bond donors (Lipinski definition) is 2. The van der Waals surface area contributed by atoms with Crippen LogP contribution in [0.15, 0.2) is 28.9 Å². The van der Waals surface area contributed by atoms with Crippen molar-refractivity contribution in [3.8, 4) is 0 Å². The molecule has 0 spiro atoms. The average Bonchev–Trinajstić information content (AvgIpc) is 3.08. The van der Waals surface area contributed by atoms with E-state index in [-0.39, 0.29) is 5.91 Å². The molecule has 0 unspecified atom stereocenters. The second-order valence-corrected chi connectivity index (χ2v) is 10.6. The molecule has 0 saturated carbocycles. The largest absolute Gasteiger partial charge is 0.379 e. The van der Waals surface area contributed by atoms with Crippen LogP contribution in [0.3, 0.4) is 0 Å². The van der Waals surface area contributed by atoms with Crippen LogP contribution in [0.4, 0.5) is 23.1 Å². The quantitative estimate of drug-likeness (QED) is 0.447. The first-order valence-electron chi connectivity index (χ1n) is 12.9. The molecule has 4 rings (SSSR count). The maximum absolute atomic E-state index is 12.1. The SMILES string of the molecule is CC(C)c1cc(N2CCN(C)CC2)ccc1Nc1ncc(Br)c(NCCCN2CCOCCC2=O)n1. The number of piperazine rings is 1. The Morgan fingerprint density at radius 1 is 1.14 bits per heavy atom. The Bertz CT molecular complexity index is 1030. The molecule has 2 aliphatic heterocycles. The van der Waals surface area contributed by atoms with Crippen molar-refractivity contribution < 1.29 is 9.53 Å². The summed E-state index contributed by atoms with van der Waals surface area (Å²) >= 11 is 3.55. The van der Waals surface area contributed by atoms with Crippen LogP contribution in [-0.2, 0) is 9.53 Å². The van der Waals surface area contributed by atoms with Crippen LogP contribution in [0.25, 0.3) is 0 Å². The molecule has 9 nitrogen and oxygen atoms in total. The van der Waals surface area contributed by atoms with Gasteiger partial charge in [-0.3, -0.25) is 4.79 Å². The van der Waals surface area contributed by atoms with Gasteiger partial charge in [-0.05, 0) is 59.1 Å². The Kier molecular flexibility index (Phi) is 9.39. The third-order valence-electron chi connectivity index (χ3n) is 6.73. The molecule has 0 radical (unpaired) electrons. The number of nitrogens with one attached hydrogen (secondary N) is 2. The number of carbonyl (C=O) groups is 1. The second kappa shape index (κ2) is 12.7. The number of benzene rings is 1. The summed E-state index contributed by atoms with van der Waals surface area (Å²) in [6, 6.07) is 6.63. The van der Waals surface area contributed by atoms with Gasteiger partial charge in [0.2, 0.25) is 11.9 Å². The average molecular weight is 561 g/mol. The number of halogens is 1. The lowest BCUT2D eigenvalue weighted by Crippen LogP contribution is -2.44. The molecule has 1 aromatic carbocycles. The summed E-state index contributed by atoms with van der Waals surface area (Å²) in [7, 11) is 2.18. The van der Waals surface area contributed by atoms with Gasteiger partial charge in [0.05, 0.1) is 24.1 Å². The first kappa shape index (κ1) is 26.6. The highest BCUT2D eigenvalue weighted by Crippen LogP contribution is 2.32. The standard InChI is InChI=1S/C26H38BrN7O2/c1-19(2)21-17-20(33-12-10-32(3)11-13-33)5-6-23(21)30-26-29-18-22(27)25(31-26)28-8-4-9-34-14-16-36-15-7-24(34)35/h5-6,17-19H,4,7-16H2,1-3H3,(H2,28,29,30,31). The van der Waals surface area contributed by atoms with Gasteiger partial charge in [-0.15, -0.1) is 0 Å². The van der Waals surface area contributed by atoms with Crippen molar-refractivity contribution in [2.24, 2.45) is 0 Å². The normalized spacial score (nSPS) is 17.4. The summed E-state index contributed by atoms with van der Waals surface area (Å²) < 4.78 is 6.21. The maximum Gasteiger partial charge on any atom is 0.229 e. The molecule has 2 N–H and O–H groups in total. The molecule has 196 valence electrons. The van der Waals surface area contributed by atoms with Crippen molar-refractivity contribution in [3.63, 3.8) is 0 Å². The van der Waals surface area contributed by atoms with Crippen molar-refractivity contribution in [3.05, 3.63) is 34.4 Å². The summed E-state index contributed by atoms with van der Waals surface area (Å²) in [5.41, 5.74) is 3.54. The molecule has 2 aromatic rings. The van der Waals surface area contributed by atoms with Gasteiger partial charge in [0.1, 0.15) is 5.82 Å². The summed E-state index contributed by atoms with van der Waals surface area (Å²) in [6.45, 7) is 11.9. The Labute approximate surface area is 222 Å². The van der Waals surface area contributed by atoms with Crippen molar-refractivity contribution >= 4 is 45.0 Å². The number of anilines is 4. The van der Waals surface area contributed by atoms with Crippen LogP contribution in [0.2, 0.25) is 0 Å². The van der Waals surface area contributed by atoms with E-state index >= 15 is 0 Å². The van der Waals surface area contributed by atoms with E-state index in [0.29, 0.717) is 51.1 Å². The molecular formula is C26H38BrN7O2. The lowest BCUT2D eigenvalue weighted by Gasteiger charge is -2.34. The summed E-state index contributed by atoms with van der Waals surface area (Å²) in [4.78, 5) is 28.0. The zero-order chi connectivity index (χ0) is 25.5. The fourth-order valence-electron chi connectivity index (χ4n) is 4.51. The van der Waals surface area contributed by atoms with Crippen LogP contribution in [0.5, 0.6) is 0 Å². The first-order chi connectivity index (χ1) is 17.4. The van der Waals surface area contributed by atoms with Gasteiger partial charge in [-0.25, -0.2) is 4.98 Å². The van der Waals surface area contributed by atoms with Crippen LogP contribution >= 0.6 is 15.9 Å². The number of likely N-dealkylation sites (N-methyl/N-ethyl adjacent to an activating group) is 1. The van der Waals surface area contributed by atoms with Crippen LogP contribution < -0.4 is 15.5 Å². The van der Waals surface area contributed by atoms with E-state index in [1.165, 1.54) is 11.3 Å². The van der Waals surface area contributed by atoms with Gasteiger partial charge in [0.25, 0.3) is 0 Å². The van der Waals surface area contributed by atoms with E-state index in [1.807, 2.05) is 4.90 Å². The van der Waals surface area contributed by atoms with E-state index in [2.05, 4.69) is 80.4 Å². The fourth-order valence-corrected chi connectivity index (χ4v) is 4.84. The second-order valence-electron chi connectivity index (χ2n) is 9.76. The van der Waals surface area contributed by atoms with Gasteiger partial charge in [-0.1, -0.05) is 13.8 Å². The Balaban J connectivity index is 1.38. The Hall–Kier alpha value is -2.43. The summed E-state index contributed by atoms with van der Waals surface area (Å²) in [5, 5.41) is 6.82. The number of aromatic nitrogens is 2. The molecular weight excluding hydrogens is 522 g/mol.